The van der Waals surface area contributed by atoms with Crippen LogP contribution in [0, 0.1) is 0 Å². The maximum absolute atomic E-state index is 7.23. The molecule has 0 amide bonds. The van der Waals surface area contributed by atoms with Gasteiger partial charge in [-0.3, -0.25) is 0 Å². The number of nitrogens with zero attached hydrogens (tertiary/aromatic N) is 2. The second-order valence-corrected chi connectivity index (χ2v) is 16.1. The van der Waals surface area contributed by atoms with Crippen molar-refractivity contribution in [2.45, 2.75) is 0 Å². The first kappa shape index (κ1) is 36.5. The van der Waals surface area contributed by atoms with Crippen LogP contribution in [0.2, 0.25) is 0 Å². The molecule has 11 aromatic carbocycles. The fraction of sp³-hybridized carbons (Fsp3) is 0. The number of rotatable bonds is 8. The Labute approximate surface area is 367 Å². The molecular formula is C60H40N2O. The van der Waals surface area contributed by atoms with Crippen LogP contribution >= 0.6 is 0 Å². The normalized spacial score (nSPS) is 11.6. The lowest BCUT2D eigenvalue weighted by Crippen LogP contribution is -2.13. The van der Waals surface area contributed by atoms with Gasteiger partial charge in [-0.15, -0.1) is 0 Å². The molecule has 1 aliphatic heterocycles. The topological polar surface area (TPSA) is 15.7 Å². The molecule has 0 radical (unpaired) electrons. The van der Waals surface area contributed by atoms with Crippen LogP contribution in [0.1, 0.15) is 0 Å². The Morgan fingerprint density at radius 3 is 1.38 bits per heavy atom. The standard InChI is InChI=1S/C60H40N2O/c1-3-14-41(15-4-1)43-28-33-48(34-29-43)61(55-26-12-20-45-18-7-9-23-51(45)55)50-37-39-58-54(40-50)53-25-11-22-47-32-38-57(60(63-58)59(47)53)62(56-27-13-21-46-19-8-10-24-52(46)56)49-35-30-44(31-36-49)42-16-5-2-6-17-42/h1-40H. The molecule has 12 rings (SSSR count). The maximum atomic E-state index is 7.23. The molecule has 0 fully saturated rings. The van der Waals surface area contributed by atoms with Gasteiger partial charge in [0.15, 0.2) is 5.75 Å². The molecule has 296 valence electrons. The quantitative estimate of drug-likeness (QED) is 0.152. The van der Waals surface area contributed by atoms with Gasteiger partial charge in [-0.2, -0.15) is 0 Å². The highest BCUT2D eigenvalue weighted by Crippen LogP contribution is 2.55. The van der Waals surface area contributed by atoms with E-state index in [1.807, 2.05) is 0 Å². The van der Waals surface area contributed by atoms with Crippen molar-refractivity contribution in [3.05, 3.63) is 243 Å². The molecule has 3 nitrogen and oxygen atoms in total. The highest BCUT2D eigenvalue weighted by atomic mass is 16.5. The van der Waals surface area contributed by atoms with E-state index in [-0.39, 0.29) is 0 Å². The fourth-order valence-corrected chi connectivity index (χ4v) is 9.41. The first-order valence-electron chi connectivity index (χ1n) is 21.5. The van der Waals surface area contributed by atoms with E-state index in [0.29, 0.717) is 0 Å². The van der Waals surface area contributed by atoms with Crippen LogP contribution in [0.3, 0.4) is 0 Å². The van der Waals surface area contributed by atoms with Crippen molar-refractivity contribution in [3.63, 3.8) is 0 Å². The fourth-order valence-electron chi connectivity index (χ4n) is 9.41. The van der Waals surface area contributed by atoms with Crippen molar-refractivity contribution in [2.24, 2.45) is 0 Å². The Hall–Kier alpha value is -8.40. The predicted molar refractivity (Wildman–Crippen MR) is 265 cm³/mol. The van der Waals surface area contributed by atoms with Gasteiger partial charge in [0.1, 0.15) is 5.75 Å². The minimum Gasteiger partial charge on any atom is -0.454 e. The number of fused-ring (bicyclic) bond motifs is 4. The molecule has 0 unspecified atom stereocenters. The van der Waals surface area contributed by atoms with E-state index in [4.69, 9.17) is 4.74 Å². The second kappa shape index (κ2) is 15.3. The summed E-state index contributed by atoms with van der Waals surface area (Å²) in [6.07, 6.45) is 0. The molecule has 0 aliphatic carbocycles. The summed E-state index contributed by atoms with van der Waals surface area (Å²) in [5.74, 6) is 1.66. The van der Waals surface area contributed by atoms with Gasteiger partial charge >= 0.3 is 0 Å². The number of hydrogen-bond acceptors (Lipinski definition) is 3. The smallest absolute Gasteiger partial charge is 0.159 e. The molecule has 0 saturated heterocycles. The lowest BCUT2D eigenvalue weighted by molar-refractivity contribution is 0.488. The second-order valence-electron chi connectivity index (χ2n) is 16.1. The van der Waals surface area contributed by atoms with Gasteiger partial charge in [-0.1, -0.05) is 182 Å². The number of hydrogen-bond donors (Lipinski definition) is 0. The largest absolute Gasteiger partial charge is 0.454 e. The van der Waals surface area contributed by atoms with Crippen molar-refractivity contribution in [2.75, 3.05) is 9.80 Å². The summed E-state index contributed by atoms with van der Waals surface area (Å²) in [6, 6.07) is 87.0. The number of anilines is 6. The van der Waals surface area contributed by atoms with Gasteiger partial charge in [-0.05, 0) is 105 Å². The molecular weight excluding hydrogens is 765 g/mol. The molecule has 1 heterocycles. The van der Waals surface area contributed by atoms with Gasteiger partial charge in [0.25, 0.3) is 0 Å². The van der Waals surface area contributed by atoms with E-state index >= 15 is 0 Å². The van der Waals surface area contributed by atoms with Crippen LogP contribution in [0.25, 0.3) is 65.7 Å². The maximum Gasteiger partial charge on any atom is 0.159 e. The van der Waals surface area contributed by atoms with Crippen molar-refractivity contribution < 1.29 is 4.74 Å². The average Bonchev–Trinajstić information content (AvgIpc) is 3.36. The molecule has 0 atom stereocenters. The SMILES string of the molecule is c1ccc(-c2ccc(N(c3ccc4c(c3)-c3cccc5ccc(N(c6ccc(-c7ccccc7)cc6)c6cccc7ccccc67)c(c35)O4)c3cccc4ccccc34)cc2)cc1. The van der Waals surface area contributed by atoms with Crippen LogP contribution in [0.4, 0.5) is 34.1 Å². The summed E-state index contributed by atoms with van der Waals surface area (Å²) in [5.41, 5.74) is 13.3. The van der Waals surface area contributed by atoms with Gasteiger partial charge < -0.3 is 14.5 Å². The Morgan fingerprint density at radius 2 is 0.762 bits per heavy atom. The van der Waals surface area contributed by atoms with E-state index in [1.54, 1.807) is 0 Å². The molecule has 0 N–H and O–H groups in total. The van der Waals surface area contributed by atoms with Crippen LogP contribution < -0.4 is 14.5 Å². The monoisotopic (exact) mass is 804 g/mol. The van der Waals surface area contributed by atoms with E-state index in [0.717, 1.165) is 67.5 Å². The molecule has 0 saturated carbocycles. The lowest BCUT2D eigenvalue weighted by Gasteiger charge is -2.32. The van der Waals surface area contributed by atoms with Crippen LogP contribution in [0.5, 0.6) is 11.5 Å². The minimum atomic E-state index is 0.820. The third-order valence-electron chi connectivity index (χ3n) is 12.4. The highest BCUT2D eigenvalue weighted by molar-refractivity contribution is 6.10. The van der Waals surface area contributed by atoms with Crippen LogP contribution in [0.15, 0.2) is 243 Å². The van der Waals surface area contributed by atoms with E-state index in [2.05, 4.69) is 252 Å². The van der Waals surface area contributed by atoms with Crippen molar-refractivity contribution >= 4 is 66.4 Å². The molecule has 1 aliphatic rings. The summed E-state index contributed by atoms with van der Waals surface area (Å²) < 4.78 is 7.23. The third kappa shape index (κ3) is 6.38. The minimum absolute atomic E-state index is 0.820. The average molecular weight is 805 g/mol. The Bertz CT molecular complexity index is 3460. The molecule has 0 spiro atoms. The van der Waals surface area contributed by atoms with Crippen LogP contribution in [-0.2, 0) is 0 Å². The van der Waals surface area contributed by atoms with Gasteiger partial charge in [0.2, 0.25) is 0 Å². The van der Waals surface area contributed by atoms with Gasteiger partial charge in [0.05, 0.1) is 17.1 Å². The summed E-state index contributed by atoms with van der Waals surface area (Å²) >= 11 is 0. The van der Waals surface area contributed by atoms with E-state index < -0.39 is 0 Å². The van der Waals surface area contributed by atoms with Crippen LogP contribution in [-0.4, -0.2) is 0 Å². The first-order chi connectivity index (χ1) is 31.2. The molecule has 0 aromatic heterocycles. The summed E-state index contributed by atoms with van der Waals surface area (Å²) in [6.45, 7) is 0. The Kier molecular flexibility index (Phi) is 8.83. The molecule has 3 heteroatoms. The zero-order valence-electron chi connectivity index (χ0n) is 34.4. The zero-order chi connectivity index (χ0) is 41.7. The van der Waals surface area contributed by atoms with E-state index in [1.165, 1.54) is 43.8 Å². The summed E-state index contributed by atoms with van der Waals surface area (Å²) in [5, 5.41) is 6.94. The van der Waals surface area contributed by atoms with E-state index in [9.17, 15) is 0 Å². The Balaban J connectivity index is 1.03. The number of ether oxygens (including phenoxy) is 1. The molecule has 0 bridgehead atoms. The summed E-state index contributed by atoms with van der Waals surface area (Å²) in [4.78, 5) is 4.74. The highest BCUT2D eigenvalue weighted by Gasteiger charge is 2.28. The first-order valence-corrected chi connectivity index (χ1v) is 21.5. The molecule has 11 aromatic rings. The molecule has 63 heavy (non-hydrogen) atoms. The van der Waals surface area contributed by atoms with Gasteiger partial charge in [0, 0.05) is 38.8 Å². The third-order valence-corrected chi connectivity index (χ3v) is 12.4. The van der Waals surface area contributed by atoms with Crippen molar-refractivity contribution in [1.29, 1.82) is 0 Å². The van der Waals surface area contributed by atoms with Crippen molar-refractivity contribution in [3.8, 4) is 44.9 Å². The summed E-state index contributed by atoms with van der Waals surface area (Å²) in [7, 11) is 0. The van der Waals surface area contributed by atoms with Gasteiger partial charge in [-0.25, -0.2) is 0 Å². The lowest BCUT2D eigenvalue weighted by atomic mass is 9.93. The number of benzene rings is 11. The van der Waals surface area contributed by atoms with Crippen molar-refractivity contribution in [1.82, 2.24) is 0 Å². The Morgan fingerprint density at radius 1 is 0.286 bits per heavy atom. The zero-order valence-corrected chi connectivity index (χ0v) is 34.4. The predicted octanol–water partition coefficient (Wildman–Crippen LogP) is 17.2.